The number of carbonyl (C=O) groups is 2. The number of ether oxygens (including phenoxy) is 2. The fourth-order valence-corrected chi connectivity index (χ4v) is 4.73. The van der Waals surface area contributed by atoms with Gasteiger partial charge in [-0.1, -0.05) is 0 Å². The summed E-state index contributed by atoms with van der Waals surface area (Å²) in [6.07, 6.45) is 3.74. The number of piperidine rings is 1. The van der Waals surface area contributed by atoms with E-state index in [4.69, 9.17) is 14.5 Å². The maximum absolute atomic E-state index is 13.1. The molecule has 2 saturated heterocycles. The van der Waals surface area contributed by atoms with Gasteiger partial charge in [-0.05, 0) is 62.9 Å². The van der Waals surface area contributed by atoms with E-state index in [1.54, 1.807) is 18.2 Å². The molecular formula is C24H27N3O4. The van der Waals surface area contributed by atoms with Gasteiger partial charge in [-0.2, -0.15) is 0 Å². The number of amides is 2. The number of benzene rings is 1. The molecular weight excluding hydrogens is 394 g/mol. The average molecular weight is 421 g/mol. The fraction of sp³-hybridized carbons (Fsp3) is 0.458. The van der Waals surface area contributed by atoms with E-state index in [2.05, 4.69) is 0 Å². The largest absolute Gasteiger partial charge is 0.454 e. The molecule has 0 aliphatic carbocycles. The minimum absolute atomic E-state index is 0.00215. The van der Waals surface area contributed by atoms with Crippen LogP contribution in [-0.4, -0.2) is 59.6 Å². The lowest BCUT2D eigenvalue weighted by atomic mass is 9.89. The van der Waals surface area contributed by atoms with Crippen LogP contribution in [0.3, 0.4) is 0 Å². The Bertz CT molecular complexity index is 1010. The van der Waals surface area contributed by atoms with Crippen LogP contribution in [0, 0.1) is 6.92 Å². The van der Waals surface area contributed by atoms with Gasteiger partial charge in [0.15, 0.2) is 11.5 Å². The van der Waals surface area contributed by atoms with Crippen LogP contribution >= 0.6 is 0 Å². The van der Waals surface area contributed by atoms with E-state index in [0.717, 1.165) is 55.7 Å². The minimum atomic E-state index is 0.00215. The smallest absolute Gasteiger partial charge is 0.255 e. The maximum Gasteiger partial charge on any atom is 0.255 e. The molecule has 0 spiro atoms. The first-order valence-corrected chi connectivity index (χ1v) is 11.1. The summed E-state index contributed by atoms with van der Waals surface area (Å²) in [4.78, 5) is 34.7. The fourth-order valence-electron chi connectivity index (χ4n) is 4.73. The van der Waals surface area contributed by atoms with E-state index >= 15 is 0 Å². The predicted molar refractivity (Wildman–Crippen MR) is 115 cm³/mol. The lowest BCUT2D eigenvalue weighted by molar-refractivity contribution is 0.0706. The second-order valence-electron chi connectivity index (χ2n) is 8.52. The molecule has 0 N–H and O–H groups in total. The number of aromatic nitrogens is 1. The molecule has 0 bridgehead atoms. The number of nitrogens with zero attached hydrogens (tertiary/aromatic N) is 3. The van der Waals surface area contributed by atoms with Crippen LogP contribution in [-0.2, 0) is 0 Å². The van der Waals surface area contributed by atoms with Gasteiger partial charge in [0.2, 0.25) is 6.79 Å². The van der Waals surface area contributed by atoms with Crippen molar-refractivity contribution in [1.29, 1.82) is 0 Å². The highest BCUT2D eigenvalue weighted by Crippen LogP contribution is 2.34. The van der Waals surface area contributed by atoms with Crippen molar-refractivity contribution < 1.29 is 19.1 Å². The Morgan fingerprint density at radius 1 is 0.903 bits per heavy atom. The van der Waals surface area contributed by atoms with Gasteiger partial charge < -0.3 is 19.3 Å². The first-order valence-electron chi connectivity index (χ1n) is 11.1. The zero-order chi connectivity index (χ0) is 21.4. The summed E-state index contributed by atoms with van der Waals surface area (Å²) in [5.41, 5.74) is 3.16. The first-order chi connectivity index (χ1) is 15.1. The molecule has 0 atom stereocenters. The van der Waals surface area contributed by atoms with Gasteiger partial charge in [0.05, 0.1) is 11.3 Å². The summed E-state index contributed by atoms with van der Waals surface area (Å²) in [7, 11) is 0. The predicted octanol–water partition coefficient (Wildman–Crippen LogP) is 3.37. The Hall–Kier alpha value is -3.09. The van der Waals surface area contributed by atoms with Crippen LogP contribution in [0.4, 0.5) is 0 Å². The lowest BCUT2D eigenvalue weighted by Gasteiger charge is -2.33. The quantitative estimate of drug-likeness (QED) is 0.760. The molecule has 0 saturated carbocycles. The van der Waals surface area contributed by atoms with Gasteiger partial charge in [0.25, 0.3) is 11.8 Å². The molecule has 3 aliphatic rings. The number of carbonyl (C=O) groups excluding carboxylic acids is 2. The standard InChI is InChI=1S/C24H27N3O4/c1-16-4-6-19(24(29)26-10-2-3-11-26)22(25-16)17-8-12-27(13-9-17)23(28)18-5-7-20-21(14-18)31-15-30-20/h4-7,14,17H,2-3,8-13,15H2,1H3. The van der Waals surface area contributed by atoms with Crippen molar-refractivity contribution in [2.24, 2.45) is 0 Å². The third-order valence-electron chi connectivity index (χ3n) is 6.48. The minimum Gasteiger partial charge on any atom is -0.454 e. The Kier molecular flexibility index (Phi) is 5.26. The summed E-state index contributed by atoms with van der Waals surface area (Å²) in [6, 6.07) is 9.19. The van der Waals surface area contributed by atoms with Crippen molar-refractivity contribution >= 4 is 11.8 Å². The molecule has 0 unspecified atom stereocenters. The number of rotatable bonds is 3. The molecule has 1 aromatic heterocycles. The molecule has 2 fully saturated rings. The summed E-state index contributed by atoms with van der Waals surface area (Å²) in [6.45, 7) is 5.10. The van der Waals surface area contributed by atoms with Crippen molar-refractivity contribution in [2.45, 2.75) is 38.5 Å². The zero-order valence-corrected chi connectivity index (χ0v) is 17.8. The summed E-state index contributed by atoms with van der Waals surface area (Å²) >= 11 is 0. The first kappa shape index (κ1) is 19.8. The van der Waals surface area contributed by atoms with E-state index in [1.165, 1.54) is 0 Å². The molecule has 2 amide bonds. The number of hydrogen-bond acceptors (Lipinski definition) is 5. The molecule has 31 heavy (non-hydrogen) atoms. The summed E-state index contributed by atoms with van der Waals surface area (Å²) in [5, 5.41) is 0. The van der Waals surface area contributed by atoms with Crippen molar-refractivity contribution in [1.82, 2.24) is 14.8 Å². The number of fused-ring (bicyclic) bond motifs is 1. The van der Waals surface area contributed by atoms with Gasteiger partial charge in [-0.25, -0.2) is 0 Å². The van der Waals surface area contributed by atoms with E-state index < -0.39 is 0 Å². The molecule has 3 aliphatic heterocycles. The summed E-state index contributed by atoms with van der Waals surface area (Å²) in [5.74, 6) is 1.58. The Labute approximate surface area is 182 Å². The molecule has 162 valence electrons. The number of pyridine rings is 1. The van der Waals surface area contributed by atoms with Crippen LogP contribution in [0.15, 0.2) is 30.3 Å². The van der Waals surface area contributed by atoms with E-state index in [1.807, 2.05) is 28.9 Å². The number of hydrogen-bond donors (Lipinski definition) is 0. The van der Waals surface area contributed by atoms with Crippen molar-refractivity contribution in [3.63, 3.8) is 0 Å². The van der Waals surface area contributed by atoms with Gasteiger partial charge in [-0.3, -0.25) is 14.6 Å². The second kappa shape index (κ2) is 8.21. The monoisotopic (exact) mass is 421 g/mol. The van der Waals surface area contributed by atoms with Crippen LogP contribution < -0.4 is 9.47 Å². The second-order valence-corrected chi connectivity index (χ2v) is 8.52. The van der Waals surface area contributed by atoms with E-state index in [9.17, 15) is 9.59 Å². The van der Waals surface area contributed by atoms with Crippen LogP contribution in [0.2, 0.25) is 0 Å². The Balaban J connectivity index is 1.30. The third kappa shape index (κ3) is 3.84. The van der Waals surface area contributed by atoms with E-state index in [0.29, 0.717) is 30.2 Å². The average Bonchev–Trinajstić information content (AvgIpc) is 3.50. The molecule has 5 rings (SSSR count). The molecule has 0 radical (unpaired) electrons. The normalized spacial score (nSPS) is 18.5. The van der Waals surface area contributed by atoms with Crippen molar-refractivity contribution in [3.05, 3.63) is 52.8 Å². The third-order valence-corrected chi connectivity index (χ3v) is 6.48. The SMILES string of the molecule is Cc1ccc(C(=O)N2CCCC2)c(C2CCN(C(=O)c3ccc4c(c3)OCO4)CC2)n1. The molecule has 2 aromatic rings. The molecule has 4 heterocycles. The number of likely N-dealkylation sites (tertiary alicyclic amines) is 2. The van der Waals surface area contributed by atoms with Gasteiger partial charge >= 0.3 is 0 Å². The highest BCUT2D eigenvalue weighted by Gasteiger charge is 2.30. The maximum atomic E-state index is 13.1. The highest BCUT2D eigenvalue weighted by atomic mass is 16.7. The van der Waals surface area contributed by atoms with Gasteiger partial charge in [-0.15, -0.1) is 0 Å². The molecule has 1 aromatic carbocycles. The van der Waals surface area contributed by atoms with Crippen LogP contribution in [0.1, 0.15) is 63.7 Å². The van der Waals surface area contributed by atoms with Crippen LogP contribution in [0.5, 0.6) is 11.5 Å². The van der Waals surface area contributed by atoms with Crippen molar-refractivity contribution in [2.75, 3.05) is 33.0 Å². The highest BCUT2D eigenvalue weighted by molar-refractivity contribution is 5.96. The van der Waals surface area contributed by atoms with Gasteiger partial charge in [0, 0.05) is 43.4 Å². The van der Waals surface area contributed by atoms with E-state index in [-0.39, 0.29) is 24.5 Å². The summed E-state index contributed by atoms with van der Waals surface area (Å²) < 4.78 is 10.7. The number of aryl methyl sites for hydroxylation is 1. The van der Waals surface area contributed by atoms with Crippen molar-refractivity contribution in [3.8, 4) is 11.5 Å². The molecule has 7 heteroatoms. The zero-order valence-electron chi connectivity index (χ0n) is 17.8. The van der Waals surface area contributed by atoms with Crippen LogP contribution in [0.25, 0.3) is 0 Å². The van der Waals surface area contributed by atoms with Gasteiger partial charge in [0.1, 0.15) is 0 Å². The topological polar surface area (TPSA) is 72.0 Å². The Morgan fingerprint density at radius 3 is 2.39 bits per heavy atom. The Morgan fingerprint density at radius 2 is 1.61 bits per heavy atom. The molecule has 7 nitrogen and oxygen atoms in total. The lowest BCUT2D eigenvalue weighted by Crippen LogP contribution is -2.38.